The predicted octanol–water partition coefficient (Wildman–Crippen LogP) is 1.49. The molecule has 0 radical (unpaired) electrons. The van der Waals surface area contributed by atoms with E-state index in [1.54, 1.807) is 12.4 Å². The van der Waals surface area contributed by atoms with Gasteiger partial charge in [0, 0.05) is 45.1 Å². The van der Waals surface area contributed by atoms with Crippen LogP contribution in [0.3, 0.4) is 0 Å². The normalized spacial score (nSPS) is 20.3. The van der Waals surface area contributed by atoms with E-state index in [0.717, 1.165) is 70.3 Å². The second-order valence-corrected chi connectivity index (χ2v) is 6.62. The molecule has 25 heavy (non-hydrogen) atoms. The summed E-state index contributed by atoms with van der Waals surface area (Å²) in [6.07, 6.45) is 7.52. The van der Waals surface area contributed by atoms with Gasteiger partial charge in [-0.1, -0.05) is 12.8 Å². The molecule has 1 aromatic rings. The van der Waals surface area contributed by atoms with E-state index >= 15 is 0 Å². The molecule has 8 heteroatoms. The second-order valence-electron chi connectivity index (χ2n) is 6.62. The summed E-state index contributed by atoms with van der Waals surface area (Å²) in [7, 11) is 0. The van der Waals surface area contributed by atoms with Crippen LogP contribution in [-0.4, -0.2) is 70.8 Å². The van der Waals surface area contributed by atoms with E-state index in [9.17, 15) is 5.11 Å². The van der Waals surface area contributed by atoms with Crippen molar-refractivity contribution in [1.82, 2.24) is 20.2 Å². The Hall–Kier alpha value is -1.16. The van der Waals surface area contributed by atoms with Gasteiger partial charge in [0.2, 0.25) is 5.95 Å². The van der Waals surface area contributed by atoms with Gasteiger partial charge in [0.05, 0.1) is 12.1 Å². The molecule has 1 aliphatic carbocycles. The molecule has 0 bridgehead atoms. The molecule has 1 aromatic heterocycles. The number of guanidine groups is 1. The summed E-state index contributed by atoms with van der Waals surface area (Å²) in [5.41, 5.74) is -0.597. The van der Waals surface area contributed by atoms with Gasteiger partial charge in [-0.25, -0.2) is 9.97 Å². The number of nitrogens with one attached hydrogen (secondary N) is 1. The molecule has 0 spiro atoms. The Morgan fingerprint density at radius 2 is 1.84 bits per heavy atom. The largest absolute Gasteiger partial charge is 0.388 e. The second kappa shape index (κ2) is 9.51. The van der Waals surface area contributed by atoms with E-state index in [1.165, 1.54) is 0 Å². The zero-order valence-electron chi connectivity index (χ0n) is 14.9. The minimum atomic E-state index is -0.597. The lowest BCUT2D eigenvalue weighted by atomic mass is 10.0. The lowest BCUT2D eigenvalue weighted by molar-refractivity contribution is 0.0571. The Morgan fingerprint density at radius 3 is 2.44 bits per heavy atom. The van der Waals surface area contributed by atoms with Crippen molar-refractivity contribution in [2.24, 2.45) is 4.99 Å². The number of hydrogen-bond acceptors (Lipinski definition) is 5. The van der Waals surface area contributed by atoms with Gasteiger partial charge in [-0.2, -0.15) is 0 Å². The van der Waals surface area contributed by atoms with E-state index in [1.807, 2.05) is 6.07 Å². The maximum absolute atomic E-state index is 10.5. The monoisotopic (exact) mass is 460 g/mol. The van der Waals surface area contributed by atoms with E-state index in [0.29, 0.717) is 6.54 Å². The molecular weight excluding hydrogens is 431 g/mol. The number of anilines is 1. The fraction of sp³-hybridized carbons (Fsp3) is 0.706. The standard InChI is InChI=1S/C17H28N6O.HI/c1-2-18-15(21-14-17(24)6-3-4-7-17)22-10-12-23(13-11-22)16-19-8-5-9-20-16;/h5,8-9,24H,2-4,6-7,10-14H2,1H3,(H,18,21);1H. The highest BCUT2D eigenvalue weighted by molar-refractivity contribution is 14.0. The van der Waals surface area contributed by atoms with Crippen molar-refractivity contribution in [3.8, 4) is 0 Å². The third kappa shape index (κ3) is 5.40. The first kappa shape index (κ1) is 20.2. The molecule has 0 atom stereocenters. The Labute approximate surface area is 167 Å². The number of aliphatic hydroxyl groups is 1. The molecule has 1 aliphatic heterocycles. The molecule has 1 saturated carbocycles. The molecule has 140 valence electrons. The van der Waals surface area contributed by atoms with Crippen molar-refractivity contribution in [2.75, 3.05) is 44.2 Å². The van der Waals surface area contributed by atoms with Crippen LogP contribution in [0.2, 0.25) is 0 Å². The molecule has 2 N–H and O–H groups in total. The van der Waals surface area contributed by atoms with Gasteiger partial charge < -0.3 is 20.2 Å². The van der Waals surface area contributed by atoms with Crippen molar-refractivity contribution in [3.63, 3.8) is 0 Å². The maximum atomic E-state index is 10.5. The van der Waals surface area contributed by atoms with Crippen LogP contribution in [0.25, 0.3) is 0 Å². The van der Waals surface area contributed by atoms with Crippen LogP contribution >= 0.6 is 24.0 Å². The highest BCUT2D eigenvalue weighted by Crippen LogP contribution is 2.29. The minimum absolute atomic E-state index is 0. The van der Waals surface area contributed by atoms with Gasteiger partial charge in [-0.05, 0) is 25.8 Å². The van der Waals surface area contributed by atoms with Crippen molar-refractivity contribution in [1.29, 1.82) is 0 Å². The van der Waals surface area contributed by atoms with Gasteiger partial charge in [0.15, 0.2) is 5.96 Å². The number of piperazine rings is 1. The van der Waals surface area contributed by atoms with Crippen molar-refractivity contribution < 1.29 is 5.11 Å². The summed E-state index contributed by atoms with van der Waals surface area (Å²) in [6.45, 7) is 6.91. The average Bonchev–Trinajstić information content (AvgIpc) is 3.06. The van der Waals surface area contributed by atoms with Crippen LogP contribution in [0.1, 0.15) is 32.6 Å². The van der Waals surface area contributed by atoms with Crippen molar-refractivity contribution >= 4 is 35.9 Å². The summed E-state index contributed by atoms with van der Waals surface area (Å²) >= 11 is 0. The molecule has 0 aromatic carbocycles. The van der Waals surface area contributed by atoms with E-state index in [4.69, 9.17) is 4.99 Å². The van der Waals surface area contributed by atoms with Crippen molar-refractivity contribution in [3.05, 3.63) is 18.5 Å². The predicted molar refractivity (Wildman–Crippen MR) is 111 cm³/mol. The van der Waals surface area contributed by atoms with E-state index < -0.39 is 5.60 Å². The molecule has 0 amide bonds. The summed E-state index contributed by atoms with van der Waals surface area (Å²) in [6, 6.07) is 1.84. The van der Waals surface area contributed by atoms with Gasteiger partial charge in [-0.3, -0.25) is 4.99 Å². The first-order chi connectivity index (χ1) is 11.7. The molecule has 2 aliphatic rings. The number of aromatic nitrogens is 2. The molecule has 2 fully saturated rings. The molecule has 0 unspecified atom stereocenters. The topological polar surface area (TPSA) is 76.9 Å². The molecule has 2 heterocycles. The molecular formula is C17H29IN6O. The number of rotatable bonds is 4. The summed E-state index contributed by atoms with van der Waals surface area (Å²) in [5.74, 6) is 1.70. The number of nitrogens with zero attached hydrogens (tertiary/aromatic N) is 5. The highest BCUT2D eigenvalue weighted by Gasteiger charge is 2.31. The number of aliphatic imine (C=N–C) groups is 1. The summed E-state index contributed by atoms with van der Waals surface area (Å²) < 4.78 is 0. The third-order valence-corrected chi connectivity index (χ3v) is 4.81. The van der Waals surface area contributed by atoms with Crippen LogP contribution in [0.5, 0.6) is 0 Å². The van der Waals surface area contributed by atoms with E-state index in [2.05, 4.69) is 32.0 Å². The fourth-order valence-electron chi connectivity index (χ4n) is 3.41. The van der Waals surface area contributed by atoms with Gasteiger partial charge >= 0.3 is 0 Å². The number of halogens is 1. The first-order valence-corrected chi connectivity index (χ1v) is 8.98. The first-order valence-electron chi connectivity index (χ1n) is 8.98. The summed E-state index contributed by atoms with van der Waals surface area (Å²) in [5, 5.41) is 13.9. The third-order valence-electron chi connectivity index (χ3n) is 4.81. The SMILES string of the molecule is CCNC(=NCC1(O)CCCC1)N1CCN(c2ncccn2)CC1.I. The van der Waals surface area contributed by atoms with Crippen LogP contribution < -0.4 is 10.2 Å². The van der Waals surface area contributed by atoms with Gasteiger partial charge in [0.25, 0.3) is 0 Å². The fourth-order valence-corrected chi connectivity index (χ4v) is 3.41. The molecule has 1 saturated heterocycles. The van der Waals surface area contributed by atoms with Crippen molar-refractivity contribution in [2.45, 2.75) is 38.2 Å². The smallest absolute Gasteiger partial charge is 0.225 e. The Morgan fingerprint density at radius 1 is 1.20 bits per heavy atom. The maximum Gasteiger partial charge on any atom is 0.225 e. The zero-order chi connectivity index (χ0) is 16.8. The van der Waals surface area contributed by atoms with Crippen LogP contribution in [0.15, 0.2) is 23.5 Å². The number of hydrogen-bond donors (Lipinski definition) is 2. The Kier molecular flexibility index (Phi) is 7.67. The average molecular weight is 460 g/mol. The van der Waals surface area contributed by atoms with E-state index in [-0.39, 0.29) is 24.0 Å². The Bertz CT molecular complexity index is 541. The van der Waals surface area contributed by atoms with Gasteiger partial charge in [-0.15, -0.1) is 24.0 Å². The van der Waals surface area contributed by atoms with Gasteiger partial charge in [0.1, 0.15) is 0 Å². The quantitative estimate of drug-likeness (QED) is 0.403. The van der Waals surface area contributed by atoms with Crippen LogP contribution in [0, 0.1) is 0 Å². The highest BCUT2D eigenvalue weighted by atomic mass is 127. The molecule has 3 rings (SSSR count). The Balaban J connectivity index is 0.00000225. The minimum Gasteiger partial charge on any atom is -0.388 e. The molecule has 7 nitrogen and oxygen atoms in total. The van der Waals surface area contributed by atoms with Crippen LogP contribution in [-0.2, 0) is 0 Å². The lowest BCUT2D eigenvalue weighted by Crippen LogP contribution is -2.53. The van der Waals surface area contributed by atoms with Crippen LogP contribution in [0.4, 0.5) is 5.95 Å². The zero-order valence-corrected chi connectivity index (χ0v) is 17.2. The summed E-state index contributed by atoms with van der Waals surface area (Å²) in [4.78, 5) is 17.8. The lowest BCUT2D eigenvalue weighted by Gasteiger charge is -2.36.